The Morgan fingerprint density at radius 2 is 2.20 bits per heavy atom. The number of rotatable bonds is 3. The normalized spacial score (nSPS) is 11.4. The van der Waals surface area contributed by atoms with Crippen molar-refractivity contribution in [3.05, 3.63) is 24.4 Å². The molecule has 2 N–H and O–H groups in total. The summed E-state index contributed by atoms with van der Waals surface area (Å²) in [6, 6.07) is 5.92. The third-order valence-electron chi connectivity index (χ3n) is 2.48. The molecule has 80 valence electrons. The summed E-state index contributed by atoms with van der Waals surface area (Å²) in [4.78, 5) is 2.14. The van der Waals surface area contributed by atoms with Crippen LogP contribution >= 0.6 is 0 Å². The van der Waals surface area contributed by atoms with Crippen LogP contribution in [0.3, 0.4) is 0 Å². The highest BCUT2D eigenvalue weighted by molar-refractivity contribution is 5.90. The van der Waals surface area contributed by atoms with Crippen LogP contribution in [0.4, 0.5) is 5.69 Å². The molecule has 2 rings (SSSR count). The van der Waals surface area contributed by atoms with Crippen molar-refractivity contribution in [1.29, 1.82) is 0 Å². The molecule has 1 aromatic heterocycles. The molecular formula is C11H16N4. The first-order valence-corrected chi connectivity index (χ1v) is 5.03. The van der Waals surface area contributed by atoms with Crippen molar-refractivity contribution < 1.29 is 0 Å². The monoisotopic (exact) mass is 204 g/mol. The van der Waals surface area contributed by atoms with Crippen LogP contribution in [0.1, 0.15) is 0 Å². The molecule has 0 atom stereocenters. The molecule has 0 amide bonds. The highest BCUT2D eigenvalue weighted by atomic mass is 15.3. The van der Waals surface area contributed by atoms with Gasteiger partial charge >= 0.3 is 0 Å². The fraction of sp³-hybridized carbons (Fsp3) is 0.364. The predicted octanol–water partition coefficient (Wildman–Crippen LogP) is 1.18. The Balaban J connectivity index is 2.33. The van der Waals surface area contributed by atoms with Gasteiger partial charge in [-0.25, -0.2) is 0 Å². The fourth-order valence-corrected chi connectivity index (χ4v) is 1.60. The third-order valence-corrected chi connectivity index (χ3v) is 2.48. The van der Waals surface area contributed by atoms with Gasteiger partial charge in [0.25, 0.3) is 0 Å². The van der Waals surface area contributed by atoms with Gasteiger partial charge in [0, 0.05) is 17.6 Å². The minimum Gasteiger partial charge on any atom is -0.398 e. The summed E-state index contributed by atoms with van der Waals surface area (Å²) in [6.45, 7) is 1.87. The summed E-state index contributed by atoms with van der Waals surface area (Å²) >= 11 is 0. The van der Waals surface area contributed by atoms with Crippen molar-refractivity contribution in [1.82, 2.24) is 14.7 Å². The first kappa shape index (κ1) is 9.98. The summed E-state index contributed by atoms with van der Waals surface area (Å²) < 4.78 is 1.99. The molecular weight excluding hydrogens is 188 g/mol. The molecule has 0 aliphatic heterocycles. The van der Waals surface area contributed by atoms with Gasteiger partial charge in [-0.1, -0.05) is 6.07 Å². The Morgan fingerprint density at radius 3 is 2.93 bits per heavy atom. The maximum absolute atomic E-state index is 5.86. The van der Waals surface area contributed by atoms with Crippen LogP contribution < -0.4 is 5.73 Å². The number of hydrogen-bond donors (Lipinski definition) is 1. The SMILES string of the molecule is CN(C)CCn1ncc2c(N)cccc21. The molecule has 15 heavy (non-hydrogen) atoms. The number of nitrogen functional groups attached to an aromatic ring is 1. The molecule has 0 bridgehead atoms. The molecule has 0 fully saturated rings. The summed E-state index contributed by atoms with van der Waals surface area (Å²) in [7, 11) is 4.11. The average Bonchev–Trinajstić information content (AvgIpc) is 2.59. The molecule has 4 heteroatoms. The van der Waals surface area contributed by atoms with E-state index in [9.17, 15) is 0 Å². The molecule has 0 saturated carbocycles. The minimum absolute atomic E-state index is 0.795. The summed E-state index contributed by atoms with van der Waals surface area (Å²) in [5, 5.41) is 5.38. The van der Waals surface area contributed by atoms with E-state index in [-0.39, 0.29) is 0 Å². The van der Waals surface area contributed by atoms with E-state index in [2.05, 4.69) is 24.1 Å². The van der Waals surface area contributed by atoms with E-state index in [1.54, 1.807) is 0 Å². The lowest BCUT2D eigenvalue weighted by Crippen LogP contribution is -2.18. The lowest BCUT2D eigenvalue weighted by atomic mass is 10.2. The van der Waals surface area contributed by atoms with E-state index in [1.165, 1.54) is 0 Å². The molecule has 4 nitrogen and oxygen atoms in total. The average molecular weight is 204 g/mol. The Kier molecular flexibility index (Phi) is 2.60. The van der Waals surface area contributed by atoms with E-state index in [0.29, 0.717) is 0 Å². The minimum atomic E-state index is 0.795. The Morgan fingerprint density at radius 1 is 1.40 bits per heavy atom. The van der Waals surface area contributed by atoms with Crippen LogP contribution in [0.15, 0.2) is 24.4 Å². The lowest BCUT2D eigenvalue weighted by molar-refractivity contribution is 0.377. The molecule has 0 aliphatic rings. The van der Waals surface area contributed by atoms with E-state index < -0.39 is 0 Å². The van der Waals surface area contributed by atoms with E-state index in [4.69, 9.17) is 5.73 Å². The zero-order chi connectivity index (χ0) is 10.8. The predicted molar refractivity (Wildman–Crippen MR) is 62.7 cm³/mol. The maximum atomic E-state index is 5.86. The number of hydrogen-bond acceptors (Lipinski definition) is 3. The highest BCUT2D eigenvalue weighted by Crippen LogP contribution is 2.19. The quantitative estimate of drug-likeness (QED) is 0.764. The second-order valence-corrected chi connectivity index (χ2v) is 3.95. The molecule has 0 saturated heterocycles. The van der Waals surface area contributed by atoms with Crippen LogP contribution in [-0.4, -0.2) is 35.3 Å². The molecule has 1 heterocycles. The molecule has 0 aliphatic carbocycles. The zero-order valence-corrected chi connectivity index (χ0v) is 9.14. The second kappa shape index (κ2) is 3.90. The number of nitrogens with two attached hydrogens (primary N) is 1. The van der Waals surface area contributed by atoms with Gasteiger partial charge in [0.05, 0.1) is 18.3 Å². The van der Waals surface area contributed by atoms with Gasteiger partial charge in [0.2, 0.25) is 0 Å². The van der Waals surface area contributed by atoms with E-state index in [1.807, 2.05) is 29.1 Å². The van der Waals surface area contributed by atoms with Crippen molar-refractivity contribution in [2.45, 2.75) is 6.54 Å². The Hall–Kier alpha value is -1.55. The van der Waals surface area contributed by atoms with Crippen molar-refractivity contribution in [2.24, 2.45) is 0 Å². The standard InChI is InChI=1S/C11H16N4/c1-14(2)6-7-15-11-5-3-4-10(12)9(11)8-13-15/h3-5,8H,6-7,12H2,1-2H3. The number of anilines is 1. The highest BCUT2D eigenvalue weighted by Gasteiger charge is 2.04. The van der Waals surface area contributed by atoms with Crippen molar-refractivity contribution in [2.75, 3.05) is 26.4 Å². The van der Waals surface area contributed by atoms with Crippen molar-refractivity contribution in [3.8, 4) is 0 Å². The van der Waals surface area contributed by atoms with Crippen molar-refractivity contribution >= 4 is 16.6 Å². The summed E-state index contributed by atoms with van der Waals surface area (Å²) in [6.07, 6.45) is 1.83. The summed E-state index contributed by atoms with van der Waals surface area (Å²) in [5.41, 5.74) is 7.76. The van der Waals surface area contributed by atoms with Gasteiger partial charge in [-0.15, -0.1) is 0 Å². The first-order chi connectivity index (χ1) is 7.18. The maximum Gasteiger partial charge on any atom is 0.0703 e. The van der Waals surface area contributed by atoms with Crippen LogP contribution in [-0.2, 0) is 6.54 Å². The second-order valence-electron chi connectivity index (χ2n) is 3.95. The van der Waals surface area contributed by atoms with Gasteiger partial charge < -0.3 is 10.6 Å². The Bertz CT molecular complexity index is 459. The lowest BCUT2D eigenvalue weighted by Gasteiger charge is -2.09. The fourth-order valence-electron chi connectivity index (χ4n) is 1.60. The van der Waals surface area contributed by atoms with Crippen LogP contribution in [0, 0.1) is 0 Å². The third kappa shape index (κ3) is 1.94. The largest absolute Gasteiger partial charge is 0.398 e. The molecule has 1 aromatic carbocycles. The molecule has 0 radical (unpaired) electrons. The van der Waals surface area contributed by atoms with Crippen molar-refractivity contribution in [3.63, 3.8) is 0 Å². The number of benzene rings is 1. The smallest absolute Gasteiger partial charge is 0.0703 e. The van der Waals surface area contributed by atoms with E-state index >= 15 is 0 Å². The topological polar surface area (TPSA) is 47.1 Å². The first-order valence-electron chi connectivity index (χ1n) is 5.03. The number of aromatic nitrogens is 2. The van der Waals surface area contributed by atoms with Crippen LogP contribution in [0.5, 0.6) is 0 Å². The van der Waals surface area contributed by atoms with Gasteiger partial charge in [-0.05, 0) is 26.2 Å². The number of nitrogens with zero attached hydrogens (tertiary/aromatic N) is 3. The van der Waals surface area contributed by atoms with Crippen LogP contribution in [0.2, 0.25) is 0 Å². The Labute approximate surface area is 89.3 Å². The van der Waals surface area contributed by atoms with Gasteiger partial charge in [0.1, 0.15) is 0 Å². The molecule has 0 unspecified atom stereocenters. The zero-order valence-electron chi connectivity index (χ0n) is 9.14. The molecule has 0 spiro atoms. The summed E-state index contributed by atoms with van der Waals surface area (Å²) in [5.74, 6) is 0. The molecule has 2 aromatic rings. The van der Waals surface area contributed by atoms with Gasteiger partial charge in [0.15, 0.2) is 0 Å². The van der Waals surface area contributed by atoms with Gasteiger partial charge in [-0.2, -0.15) is 5.10 Å². The number of fused-ring (bicyclic) bond motifs is 1. The number of likely N-dealkylation sites (N-methyl/N-ethyl adjacent to an activating group) is 1. The van der Waals surface area contributed by atoms with E-state index in [0.717, 1.165) is 29.7 Å². The van der Waals surface area contributed by atoms with Gasteiger partial charge in [-0.3, -0.25) is 4.68 Å². The van der Waals surface area contributed by atoms with Crippen LogP contribution in [0.25, 0.3) is 10.9 Å².